The lowest BCUT2D eigenvalue weighted by atomic mass is 10.2. The quantitative estimate of drug-likeness (QED) is 0.729. The molecule has 0 amide bonds. The molecule has 0 aliphatic carbocycles. The summed E-state index contributed by atoms with van der Waals surface area (Å²) in [5.74, 6) is 0. The number of nitrogens with zero attached hydrogens (tertiary/aromatic N) is 1. The highest BCUT2D eigenvalue weighted by molar-refractivity contribution is 9.10. The first-order chi connectivity index (χ1) is 5.83. The lowest BCUT2D eigenvalue weighted by Crippen LogP contribution is -1.70. The van der Waals surface area contributed by atoms with Crippen LogP contribution >= 0.6 is 15.9 Å². The van der Waals surface area contributed by atoms with Crippen molar-refractivity contribution in [2.45, 2.75) is 0 Å². The second-order valence-electron chi connectivity index (χ2n) is 2.48. The van der Waals surface area contributed by atoms with Crippen molar-refractivity contribution in [2.24, 2.45) is 0 Å². The molecule has 0 radical (unpaired) electrons. The maximum Gasteiger partial charge on any atom is 0.101 e. The zero-order valence-electron chi connectivity index (χ0n) is 6.13. The third kappa shape index (κ3) is 0.926. The third-order valence-electron chi connectivity index (χ3n) is 1.79. The molecule has 1 aromatic carbocycles. The number of para-hydroxylation sites is 1. The number of halogens is 1. The highest BCUT2D eigenvalue weighted by Gasteiger charge is 2.03. The van der Waals surface area contributed by atoms with Crippen molar-refractivity contribution in [3.05, 3.63) is 34.4 Å². The monoisotopic (exact) mass is 220 g/mol. The minimum absolute atomic E-state index is 0.686. The Labute approximate surface area is 77.9 Å². The van der Waals surface area contributed by atoms with E-state index in [9.17, 15) is 0 Å². The maximum atomic E-state index is 8.73. The van der Waals surface area contributed by atoms with Gasteiger partial charge in [0.05, 0.1) is 11.1 Å². The normalized spacial score (nSPS) is 10.0. The average Bonchev–Trinajstić information content (AvgIpc) is 2.49. The standard InChI is InChI=1S/C9H5BrN2/c10-8-3-1-2-7-6(4-11)5-12-9(7)8/h1-3,5,12H. The van der Waals surface area contributed by atoms with E-state index in [1.165, 1.54) is 0 Å². The zero-order chi connectivity index (χ0) is 8.55. The molecule has 0 atom stereocenters. The number of aromatic nitrogens is 1. The van der Waals surface area contributed by atoms with E-state index < -0.39 is 0 Å². The molecule has 58 valence electrons. The van der Waals surface area contributed by atoms with Gasteiger partial charge in [0.15, 0.2) is 0 Å². The van der Waals surface area contributed by atoms with Gasteiger partial charge in [-0.3, -0.25) is 0 Å². The SMILES string of the molecule is N#Cc1c[nH]c2c(Br)cccc12. The Morgan fingerprint density at radius 3 is 3.00 bits per heavy atom. The van der Waals surface area contributed by atoms with Crippen LogP contribution in [0.25, 0.3) is 10.9 Å². The van der Waals surface area contributed by atoms with Gasteiger partial charge in [0, 0.05) is 16.1 Å². The van der Waals surface area contributed by atoms with E-state index in [0.717, 1.165) is 15.4 Å². The van der Waals surface area contributed by atoms with Gasteiger partial charge in [-0.2, -0.15) is 5.26 Å². The number of hydrogen-bond donors (Lipinski definition) is 1. The molecule has 0 aliphatic rings. The summed E-state index contributed by atoms with van der Waals surface area (Å²) < 4.78 is 0.988. The molecule has 0 bridgehead atoms. The van der Waals surface area contributed by atoms with Crippen LogP contribution in [0.2, 0.25) is 0 Å². The second-order valence-corrected chi connectivity index (χ2v) is 3.33. The summed E-state index contributed by atoms with van der Waals surface area (Å²) in [5, 5.41) is 9.69. The molecule has 0 aliphatic heterocycles. The van der Waals surface area contributed by atoms with E-state index in [0.29, 0.717) is 5.56 Å². The van der Waals surface area contributed by atoms with Crippen LogP contribution < -0.4 is 0 Å². The fraction of sp³-hybridized carbons (Fsp3) is 0. The first-order valence-corrected chi connectivity index (χ1v) is 4.28. The Morgan fingerprint density at radius 1 is 1.42 bits per heavy atom. The Kier molecular flexibility index (Phi) is 1.63. The highest BCUT2D eigenvalue weighted by atomic mass is 79.9. The topological polar surface area (TPSA) is 39.6 Å². The second kappa shape index (κ2) is 2.65. The summed E-state index contributed by atoms with van der Waals surface area (Å²) >= 11 is 3.40. The van der Waals surface area contributed by atoms with Gasteiger partial charge in [-0.25, -0.2) is 0 Å². The maximum absolute atomic E-state index is 8.73. The molecular formula is C9H5BrN2. The Morgan fingerprint density at radius 2 is 2.25 bits per heavy atom. The molecule has 0 unspecified atom stereocenters. The van der Waals surface area contributed by atoms with Gasteiger partial charge < -0.3 is 4.98 Å². The molecule has 0 saturated heterocycles. The van der Waals surface area contributed by atoms with Crippen LogP contribution in [0.1, 0.15) is 5.56 Å². The van der Waals surface area contributed by atoms with Crippen molar-refractivity contribution in [2.75, 3.05) is 0 Å². The van der Waals surface area contributed by atoms with Gasteiger partial charge in [-0.05, 0) is 22.0 Å². The van der Waals surface area contributed by atoms with Crippen molar-refractivity contribution in [3.8, 4) is 6.07 Å². The lowest BCUT2D eigenvalue weighted by molar-refractivity contribution is 1.44. The minimum Gasteiger partial charge on any atom is -0.359 e. The van der Waals surface area contributed by atoms with E-state index in [1.54, 1.807) is 6.20 Å². The predicted octanol–water partition coefficient (Wildman–Crippen LogP) is 2.80. The molecule has 0 fully saturated rings. The summed E-state index contributed by atoms with van der Waals surface area (Å²) in [6, 6.07) is 7.91. The summed E-state index contributed by atoms with van der Waals surface area (Å²) in [4.78, 5) is 3.04. The van der Waals surface area contributed by atoms with Crippen LogP contribution in [-0.4, -0.2) is 4.98 Å². The van der Waals surface area contributed by atoms with Crippen molar-refractivity contribution < 1.29 is 0 Å². The number of rotatable bonds is 0. The van der Waals surface area contributed by atoms with Gasteiger partial charge in [0.1, 0.15) is 6.07 Å². The first kappa shape index (κ1) is 7.38. The molecule has 0 spiro atoms. The van der Waals surface area contributed by atoms with Crippen LogP contribution in [-0.2, 0) is 0 Å². The fourth-order valence-corrected chi connectivity index (χ4v) is 1.69. The Bertz CT molecular complexity index is 465. The van der Waals surface area contributed by atoms with Crippen molar-refractivity contribution in [3.63, 3.8) is 0 Å². The van der Waals surface area contributed by atoms with E-state index in [2.05, 4.69) is 27.0 Å². The number of H-pyrrole nitrogens is 1. The Hall–Kier alpha value is -1.27. The van der Waals surface area contributed by atoms with Gasteiger partial charge in [0.25, 0.3) is 0 Å². The molecule has 1 N–H and O–H groups in total. The van der Waals surface area contributed by atoms with Crippen LogP contribution in [0.3, 0.4) is 0 Å². The molecular weight excluding hydrogens is 216 g/mol. The number of nitrogens with one attached hydrogen (secondary N) is 1. The first-order valence-electron chi connectivity index (χ1n) is 3.48. The van der Waals surface area contributed by atoms with Crippen LogP contribution in [0.15, 0.2) is 28.9 Å². The summed E-state index contributed by atoms with van der Waals surface area (Å²) in [6.45, 7) is 0. The predicted molar refractivity (Wildman–Crippen MR) is 50.7 cm³/mol. The van der Waals surface area contributed by atoms with Gasteiger partial charge in [-0.1, -0.05) is 12.1 Å². The van der Waals surface area contributed by atoms with Crippen LogP contribution in [0.4, 0.5) is 0 Å². The number of fused-ring (bicyclic) bond motifs is 1. The zero-order valence-corrected chi connectivity index (χ0v) is 7.72. The highest BCUT2D eigenvalue weighted by Crippen LogP contribution is 2.24. The fourth-order valence-electron chi connectivity index (χ4n) is 1.21. The molecule has 1 aromatic heterocycles. The van der Waals surface area contributed by atoms with Crippen LogP contribution in [0.5, 0.6) is 0 Å². The number of nitriles is 1. The van der Waals surface area contributed by atoms with Crippen molar-refractivity contribution >= 4 is 26.8 Å². The minimum atomic E-state index is 0.686. The summed E-state index contributed by atoms with van der Waals surface area (Å²) in [6.07, 6.45) is 1.72. The molecule has 3 heteroatoms. The molecule has 2 nitrogen and oxygen atoms in total. The van der Waals surface area contributed by atoms with E-state index in [4.69, 9.17) is 5.26 Å². The van der Waals surface area contributed by atoms with Crippen LogP contribution in [0, 0.1) is 11.3 Å². The smallest absolute Gasteiger partial charge is 0.101 e. The third-order valence-corrected chi connectivity index (χ3v) is 2.45. The molecule has 0 saturated carbocycles. The van der Waals surface area contributed by atoms with E-state index in [1.807, 2.05) is 18.2 Å². The van der Waals surface area contributed by atoms with Gasteiger partial charge in [-0.15, -0.1) is 0 Å². The largest absolute Gasteiger partial charge is 0.359 e. The number of hydrogen-bond acceptors (Lipinski definition) is 1. The van der Waals surface area contributed by atoms with Gasteiger partial charge >= 0.3 is 0 Å². The molecule has 1 heterocycles. The van der Waals surface area contributed by atoms with Crippen molar-refractivity contribution in [1.29, 1.82) is 5.26 Å². The molecule has 12 heavy (non-hydrogen) atoms. The van der Waals surface area contributed by atoms with Gasteiger partial charge in [0.2, 0.25) is 0 Å². The van der Waals surface area contributed by atoms with E-state index in [-0.39, 0.29) is 0 Å². The number of aromatic amines is 1. The van der Waals surface area contributed by atoms with Crippen molar-refractivity contribution in [1.82, 2.24) is 4.98 Å². The summed E-state index contributed by atoms with van der Waals surface area (Å²) in [7, 11) is 0. The molecule has 2 aromatic rings. The van der Waals surface area contributed by atoms with E-state index >= 15 is 0 Å². The average molecular weight is 221 g/mol. The lowest BCUT2D eigenvalue weighted by Gasteiger charge is -1.91. The number of benzene rings is 1. The molecule has 2 rings (SSSR count). The Balaban J connectivity index is 2.91. The summed E-state index contributed by atoms with van der Waals surface area (Å²) in [5.41, 5.74) is 1.67.